The number of rotatable bonds is 9. The summed E-state index contributed by atoms with van der Waals surface area (Å²) in [7, 11) is 6.45. The molecule has 2 atom stereocenters. The molecule has 0 bridgehead atoms. The van der Waals surface area contributed by atoms with Crippen LogP contribution >= 0.6 is 0 Å². The molecule has 0 saturated heterocycles. The number of hydrogen-bond donors (Lipinski definition) is 1. The first-order chi connectivity index (χ1) is 11.8. The molecule has 7 heteroatoms. The molecule has 1 N–H and O–H groups in total. The van der Waals surface area contributed by atoms with Crippen LogP contribution in [0.15, 0.2) is 24.3 Å². The zero-order chi connectivity index (χ0) is 18.4. The van der Waals surface area contributed by atoms with Gasteiger partial charge in [-0.05, 0) is 28.8 Å². The fraction of sp³-hybridized carbons (Fsp3) is 0.556. The Labute approximate surface area is 148 Å². The maximum Gasteiger partial charge on any atom is 0.152 e. The number of carbonyl (C=O) groups is 1. The molecule has 1 aromatic heterocycles. The lowest BCUT2D eigenvalue weighted by molar-refractivity contribution is -0.884. The molecule has 0 fully saturated rings. The van der Waals surface area contributed by atoms with Crippen LogP contribution in [0.1, 0.15) is 42.6 Å². The molecule has 1 aromatic carbocycles. The molecule has 0 aliphatic heterocycles. The number of hydrogen-bond acceptors (Lipinski definition) is 5. The zero-order valence-electron chi connectivity index (χ0n) is 15.4. The van der Waals surface area contributed by atoms with Crippen molar-refractivity contribution < 1.29 is 14.4 Å². The third-order valence-electron chi connectivity index (χ3n) is 4.24. The second kappa shape index (κ2) is 8.20. The molecular weight excluding hydrogens is 318 g/mol. The predicted octanol–water partition coefficient (Wildman–Crippen LogP) is 0.898. The van der Waals surface area contributed by atoms with Gasteiger partial charge in [0.2, 0.25) is 0 Å². The molecule has 0 aliphatic rings. The van der Waals surface area contributed by atoms with Gasteiger partial charge in [0.15, 0.2) is 5.82 Å². The first-order valence-corrected chi connectivity index (χ1v) is 8.63. The monoisotopic (exact) mass is 345 g/mol. The Bertz CT molecular complexity index is 662. The lowest BCUT2D eigenvalue weighted by Gasteiger charge is -2.26. The second-order valence-corrected chi connectivity index (χ2v) is 7.58. The van der Waals surface area contributed by atoms with Crippen LogP contribution in [0.25, 0.3) is 0 Å². The van der Waals surface area contributed by atoms with Gasteiger partial charge in [0.1, 0.15) is 6.54 Å². The minimum Gasteiger partial charge on any atom is -0.550 e. The lowest BCUT2D eigenvalue weighted by Crippen LogP contribution is -2.36. The number of aromatic amines is 1. The number of H-pyrrole nitrogens is 1. The van der Waals surface area contributed by atoms with E-state index in [1.807, 2.05) is 6.92 Å². The van der Waals surface area contributed by atoms with Gasteiger partial charge in [-0.1, -0.05) is 37.6 Å². The Morgan fingerprint density at radius 2 is 1.84 bits per heavy atom. The number of benzene rings is 1. The summed E-state index contributed by atoms with van der Waals surface area (Å²) in [6.45, 7) is 2.90. The number of tetrazole rings is 1. The Balaban J connectivity index is 2.20. The Kier molecular flexibility index (Phi) is 6.25. The topological polar surface area (TPSA) is 94.6 Å². The zero-order valence-corrected chi connectivity index (χ0v) is 15.4. The Hall–Kier alpha value is -2.28. The summed E-state index contributed by atoms with van der Waals surface area (Å²) in [5.41, 5.74) is 2.31. The fourth-order valence-electron chi connectivity index (χ4n) is 3.13. The summed E-state index contributed by atoms with van der Waals surface area (Å²) in [6, 6.07) is 8.31. The molecule has 25 heavy (non-hydrogen) atoms. The first kappa shape index (κ1) is 19.1. The number of nitrogens with zero attached hydrogens (tertiary/aromatic N) is 4. The van der Waals surface area contributed by atoms with Crippen molar-refractivity contribution >= 4 is 5.97 Å². The molecule has 0 aliphatic carbocycles. The molecule has 7 nitrogen and oxygen atoms in total. The summed E-state index contributed by atoms with van der Waals surface area (Å²) in [5.74, 6) is -1.50. The number of quaternary nitrogens is 1. The minimum atomic E-state index is -1.05. The van der Waals surface area contributed by atoms with Crippen molar-refractivity contribution in [3.05, 3.63) is 41.2 Å². The van der Waals surface area contributed by atoms with E-state index in [1.54, 1.807) is 0 Å². The van der Waals surface area contributed by atoms with Crippen LogP contribution in [0.2, 0.25) is 0 Å². The third kappa shape index (κ3) is 5.63. The predicted molar refractivity (Wildman–Crippen MR) is 92.2 cm³/mol. The lowest BCUT2D eigenvalue weighted by atomic mass is 9.83. The van der Waals surface area contributed by atoms with Crippen LogP contribution in [0, 0.1) is 5.92 Å². The van der Waals surface area contributed by atoms with Gasteiger partial charge in [-0.15, -0.1) is 5.10 Å². The first-order valence-electron chi connectivity index (χ1n) is 8.63. The quantitative estimate of drug-likeness (QED) is 0.681. The van der Waals surface area contributed by atoms with Gasteiger partial charge < -0.3 is 14.4 Å². The summed E-state index contributed by atoms with van der Waals surface area (Å²) >= 11 is 0. The van der Waals surface area contributed by atoms with Crippen LogP contribution in [0.4, 0.5) is 0 Å². The van der Waals surface area contributed by atoms with Crippen molar-refractivity contribution in [2.24, 2.45) is 5.92 Å². The molecule has 2 aromatic rings. The largest absolute Gasteiger partial charge is 0.550 e. The van der Waals surface area contributed by atoms with Gasteiger partial charge in [-0.2, -0.15) is 0 Å². The maximum atomic E-state index is 11.6. The van der Waals surface area contributed by atoms with Gasteiger partial charge in [0.25, 0.3) is 0 Å². The molecule has 0 saturated carbocycles. The van der Waals surface area contributed by atoms with E-state index in [9.17, 15) is 9.90 Å². The second-order valence-electron chi connectivity index (χ2n) is 7.58. The van der Waals surface area contributed by atoms with Gasteiger partial charge >= 0.3 is 0 Å². The van der Waals surface area contributed by atoms with Crippen LogP contribution in [0.3, 0.4) is 0 Å². The average molecular weight is 345 g/mol. The Morgan fingerprint density at radius 3 is 2.32 bits per heavy atom. The maximum absolute atomic E-state index is 11.6. The van der Waals surface area contributed by atoms with Crippen LogP contribution in [-0.2, 0) is 17.8 Å². The summed E-state index contributed by atoms with van der Waals surface area (Å²) in [4.78, 5) is 11.6. The smallest absolute Gasteiger partial charge is 0.152 e. The van der Waals surface area contributed by atoms with Crippen molar-refractivity contribution in [1.82, 2.24) is 20.6 Å². The number of carboxylic acid groups (broad SMARTS) is 1. The highest BCUT2D eigenvalue weighted by molar-refractivity contribution is 5.69. The van der Waals surface area contributed by atoms with Crippen molar-refractivity contribution in [3.63, 3.8) is 0 Å². The van der Waals surface area contributed by atoms with E-state index in [-0.39, 0.29) is 5.92 Å². The molecule has 0 spiro atoms. The van der Waals surface area contributed by atoms with Crippen LogP contribution < -0.4 is 5.11 Å². The molecular formula is C18H27N5O2. The van der Waals surface area contributed by atoms with Gasteiger partial charge in [-0.25, -0.2) is 5.10 Å². The van der Waals surface area contributed by atoms with E-state index >= 15 is 0 Å². The highest BCUT2D eigenvalue weighted by atomic mass is 16.4. The summed E-state index contributed by atoms with van der Waals surface area (Å²) in [5, 5.41) is 25.5. The fourth-order valence-corrected chi connectivity index (χ4v) is 3.13. The van der Waals surface area contributed by atoms with Crippen molar-refractivity contribution in [2.45, 2.75) is 38.6 Å². The molecule has 136 valence electrons. The van der Waals surface area contributed by atoms with E-state index in [0.717, 1.165) is 23.0 Å². The van der Waals surface area contributed by atoms with E-state index in [0.29, 0.717) is 18.7 Å². The van der Waals surface area contributed by atoms with Gasteiger partial charge in [0.05, 0.1) is 21.1 Å². The SMILES string of the molecule is CCC[C@H](C(=O)[O-])[C@H](Cc1ccc(C[N+](C)(C)C)cc1)c1nnn[nH]1. The number of nitrogens with one attached hydrogen (secondary N) is 1. The number of carboxylic acids is 1. The number of carbonyl (C=O) groups excluding carboxylic acids is 1. The van der Waals surface area contributed by atoms with E-state index < -0.39 is 11.9 Å². The third-order valence-corrected chi connectivity index (χ3v) is 4.24. The van der Waals surface area contributed by atoms with Gasteiger partial charge in [0, 0.05) is 23.4 Å². The average Bonchev–Trinajstić information content (AvgIpc) is 3.05. The van der Waals surface area contributed by atoms with E-state index in [2.05, 4.69) is 66.0 Å². The van der Waals surface area contributed by atoms with Gasteiger partial charge in [-0.3, -0.25) is 0 Å². The van der Waals surface area contributed by atoms with Crippen molar-refractivity contribution in [3.8, 4) is 0 Å². The van der Waals surface area contributed by atoms with Crippen molar-refractivity contribution in [1.29, 1.82) is 0 Å². The minimum absolute atomic E-state index is 0.329. The highest BCUT2D eigenvalue weighted by Gasteiger charge is 2.27. The summed E-state index contributed by atoms with van der Waals surface area (Å²) in [6.07, 6.45) is 1.85. The molecule has 0 radical (unpaired) electrons. The number of aliphatic carboxylic acids is 1. The molecule has 0 amide bonds. The summed E-state index contributed by atoms with van der Waals surface area (Å²) < 4.78 is 0.856. The van der Waals surface area contributed by atoms with Crippen molar-refractivity contribution in [2.75, 3.05) is 21.1 Å². The highest BCUT2D eigenvalue weighted by Crippen LogP contribution is 2.29. The van der Waals surface area contributed by atoms with Crippen LogP contribution in [-0.4, -0.2) is 52.2 Å². The molecule has 0 unspecified atom stereocenters. The molecule has 2 rings (SSSR count). The number of aromatic nitrogens is 4. The van der Waals surface area contributed by atoms with Crippen LogP contribution in [0.5, 0.6) is 0 Å². The Morgan fingerprint density at radius 1 is 1.20 bits per heavy atom. The van der Waals surface area contributed by atoms with E-state index in [4.69, 9.17) is 0 Å². The normalized spacial score (nSPS) is 14.2. The standard InChI is InChI=1S/C18H27N5O2/c1-5-6-15(18(24)25)16(17-19-21-22-20-17)11-13-7-9-14(10-8-13)12-23(2,3)4/h7-10,15-16H,5-6,11-12H2,1-4H3,(H-,19,20,21,22,24,25)/t15-,16-/m0/s1. The molecule has 1 heterocycles. The van der Waals surface area contributed by atoms with E-state index in [1.165, 1.54) is 5.56 Å².